The fourth-order valence-electron chi connectivity index (χ4n) is 1.16. The van der Waals surface area contributed by atoms with E-state index in [1.165, 1.54) is 16.8 Å². The molecule has 0 amide bonds. The molecule has 0 unspecified atom stereocenters. The largest absolute Gasteiger partial charge is 0.436 e. The number of imidazole rings is 1. The number of fused-ring (bicyclic) bond motifs is 1. The van der Waals surface area contributed by atoms with E-state index in [0.29, 0.717) is 0 Å². The number of rotatable bonds is 0. The third-order valence-corrected chi connectivity index (χ3v) is 2.54. The van der Waals surface area contributed by atoms with Crippen LogP contribution in [0.3, 0.4) is 0 Å². The molecule has 4 nitrogen and oxygen atoms in total. The van der Waals surface area contributed by atoms with Crippen LogP contribution in [-0.2, 0) is 6.18 Å². The molecule has 0 saturated carbocycles. The van der Waals surface area contributed by atoms with Gasteiger partial charge >= 0.3 is 6.18 Å². The molecule has 2 rings (SSSR count). The van der Waals surface area contributed by atoms with Gasteiger partial charge in [0.2, 0.25) is 0 Å². The minimum atomic E-state index is -4.55. The zero-order valence-electron chi connectivity index (χ0n) is 7.09. The van der Waals surface area contributed by atoms with Crippen LogP contribution in [0.1, 0.15) is 5.69 Å². The third kappa shape index (κ3) is 1.54. The smallest absolute Gasteiger partial charge is 0.381 e. The number of aromatic nitrogens is 3. The van der Waals surface area contributed by atoms with Gasteiger partial charge in [-0.15, -0.1) is 0 Å². The maximum Gasteiger partial charge on any atom is 0.436 e. The number of hydrogen-bond donors (Lipinski definition) is 1. The van der Waals surface area contributed by atoms with Crippen molar-refractivity contribution < 1.29 is 13.2 Å². The quantitative estimate of drug-likeness (QED) is 0.804. The number of halogens is 4. The Morgan fingerprint density at radius 3 is 2.67 bits per heavy atom. The zero-order valence-corrected chi connectivity index (χ0v) is 8.67. The number of nitrogen functional groups attached to an aromatic ring is 1. The molecule has 0 spiro atoms. The highest BCUT2D eigenvalue weighted by Crippen LogP contribution is 2.34. The second-order valence-electron chi connectivity index (χ2n) is 2.76. The number of hydrogen-bond acceptors (Lipinski definition) is 3. The van der Waals surface area contributed by atoms with Gasteiger partial charge in [0.1, 0.15) is 4.60 Å². The van der Waals surface area contributed by atoms with Crippen LogP contribution < -0.4 is 5.73 Å². The number of alkyl halides is 3. The molecule has 8 heteroatoms. The van der Waals surface area contributed by atoms with E-state index in [4.69, 9.17) is 5.73 Å². The molecule has 2 N–H and O–H groups in total. The van der Waals surface area contributed by atoms with Gasteiger partial charge in [-0.25, -0.2) is 9.97 Å². The van der Waals surface area contributed by atoms with E-state index in [1.807, 2.05) is 0 Å². The van der Waals surface area contributed by atoms with Gasteiger partial charge in [0.15, 0.2) is 17.2 Å². The van der Waals surface area contributed by atoms with Crippen LogP contribution >= 0.6 is 15.9 Å². The molecule has 2 aromatic rings. The molecule has 15 heavy (non-hydrogen) atoms. The molecule has 2 heterocycles. The summed E-state index contributed by atoms with van der Waals surface area (Å²) in [5, 5.41) is 0. The summed E-state index contributed by atoms with van der Waals surface area (Å²) >= 11 is 2.82. The Balaban J connectivity index is 2.83. The second kappa shape index (κ2) is 3.09. The van der Waals surface area contributed by atoms with Crippen LogP contribution in [0, 0.1) is 0 Å². The Hall–Kier alpha value is -1.31. The van der Waals surface area contributed by atoms with E-state index >= 15 is 0 Å². The normalized spacial score (nSPS) is 12.3. The highest BCUT2D eigenvalue weighted by atomic mass is 79.9. The maximum atomic E-state index is 12.5. The average Bonchev–Trinajstić information content (AvgIpc) is 2.58. The van der Waals surface area contributed by atoms with Gasteiger partial charge < -0.3 is 5.73 Å². The molecule has 0 atom stereocenters. The van der Waals surface area contributed by atoms with Crippen LogP contribution in [0.15, 0.2) is 17.0 Å². The number of nitrogens with zero attached hydrogens (tertiary/aromatic N) is 3. The van der Waals surface area contributed by atoms with E-state index in [-0.39, 0.29) is 16.1 Å². The Morgan fingerprint density at radius 1 is 1.40 bits per heavy atom. The first-order valence-electron chi connectivity index (χ1n) is 3.76. The highest BCUT2D eigenvalue weighted by molar-refractivity contribution is 9.10. The van der Waals surface area contributed by atoms with Gasteiger partial charge in [0.05, 0.1) is 0 Å². The molecular weight excluding hydrogens is 277 g/mol. The van der Waals surface area contributed by atoms with Crippen molar-refractivity contribution >= 4 is 27.4 Å². The molecular formula is C7H4BrF3N4. The fourth-order valence-corrected chi connectivity index (χ4v) is 1.76. The Kier molecular flexibility index (Phi) is 2.10. The van der Waals surface area contributed by atoms with E-state index in [9.17, 15) is 13.2 Å². The van der Waals surface area contributed by atoms with Crippen molar-refractivity contribution in [3.63, 3.8) is 0 Å². The molecule has 0 aliphatic carbocycles. The Labute approximate surface area is 90.1 Å². The molecule has 80 valence electrons. The summed E-state index contributed by atoms with van der Waals surface area (Å²) in [6.45, 7) is 0. The van der Waals surface area contributed by atoms with E-state index < -0.39 is 11.9 Å². The summed E-state index contributed by atoms with van der Waals surface area (Å²) in [4.78, 5) is 7.05. The van der Waals surface area contributed by atoms with Crippen LogP contribution in [-0.4, -0.2) is 14.4 Å². The topological polar surface area (TPSA) is 56.2 Å². The predicted octanol–water partition coefficient (Wildman–Crippen LogP) is 2.09. The lowest BCUT2D eigenvalue weighted by molar-refractivity contribution is -0.142. The van der Waals surface area contributed by atoms with E-state index in [1.54, 1.807) is 0 Å². The standard InChI is InChI=1S/C7H4BrF3N4/c8-4-3(7(9,10)11)14-5(12)6-13-1-2-15(4)6/h1-2H,(H2,12,14). The fraction of sp³-hybridized carbons (Fsp3) is 0.143. The van der Waals surface area contributed by atoms with Crippen molar-refractivity contribution in [3.8, 4) is 0 Å². The summed E-state index contributed by atoms with van der Waals surface area (Å²) < 4.78 is 38.4. The molecule has 0 bridgehead atoms. The first-order chi connectivity index (χ1) is 6.91. The lowest BCUT2D eigenvalue weighted by Crippen LogP contribution is -2.13. The lowest BCUT2D eigenvalue weighted by atomic mass is 10.4. The van der Waals surface area contributed by atoms with Crippen molar-refractivity contribution in [2.75, 3.05) is 5.73 Å². The Morgan fingerprint density at radius 2 is 2.07 bits per heavy atom. The van der Waals surface area contributed by atoms with Gasteiger partial charge in [-0.2, -0.15) is 13.2 Å². The first kappa shape index (κ1) is 10.2. The second-order valence-corrected chi connectivity index (χ2v) is 3.51. The summed E-state index contributed by atoms with van der Waals surface area (Å²) in [5.41, 5.74) is 4.48. The van der Waals surface area contributed by atoms with Gasteiger partial charge in [0.25, 0.3) is 0 Å². The molecule has 0 radical (unpaired) electrons. The minimum Gasteiger partial charge on any atom is -0.381 e. The maximum absolute atomic E-state index is 12.5. The Bertz CT molecular complexity index is 519. The first-order valence-corrected chi connectivity index (χ1v) is 4.56. The van der Waals surface area contributed by atoms with Crippen LogP contribution in [0.25, 0.3) is 5.65 Å². The SMILES string of the molecule is Nc1nc(C(F)(F)F)c(Br)n2ccnc12. The minimum absolute atomic E-state index is 0.190. The van der Waals surface area contributed by atoms with Crippen molar-refractivity contribution in [1.29, 1.82) is 0 Å². The number of anilines is 1. The van der Waals surface area contributed by atoms with Gasteiger partial charge in [-0.3, -0.25) is 4.40 Å². The molecule has 0 aromatic carbocycles. The third-order valence-electron chi connectivity index (χ3n) is 1.78. The van der Waals surface area contributed by atoms with Crippen LogP contribution in [0.2, 0.25) is 0 Å². The van der Waals surface area contributed by atoms with Crippen molar-refractivity contribution in [1.82, 2.24) is 14.4 Å². The van der Waals surface area contributed by atoms with E-state index in [2.05, 4.69) is 25.9 Å². The van der Waals surface area contributed by atoms with Crippen molar-refractivity contribution in [2.45, 2.75) is 6.18 Å². The van der Waals surface area contributed by atoms with E-state index in [0.717, 1.165) is 0 Å². The number of nitrogens with two attached hydrogens (primary N) is 1. The molecule has 2 aromatic heterocycles. The van der Waals surface area contributed by atoms with Crippen LogP contribution in [0.5, 0.6) is 0 Å². The van der Waals surface area contributed by atoms with Crippen LogP contribution in [0.4, 0.5) is 19.0 Å². The lowest BCUT2D eigenvalue weighted by Gasteiger charge is -2.10. The molecule has 0 fully saturated rings. The highest BCUT2D eigenvalue weighted by Gasteiger charge is 2.36. The zero-order chi connectivity index (χ0) is 11.2. The summed E-state index contributed by atoms with van der Waals surface area (Å²) in [6.07, 6.45) is -1.84. The predicted molar refractivity (Wildman–Crippen MR) is 50.1 cm³/mol. The molecule has 0 aliphatic heterocycles. The summed E-state index contributed by atoms with van der Waals surface area (Å²) in [5.74, 6) is -0.254. The van der Waals surface area contributed by atoms with Gasteiger partial charge in [-0.1, -0.05) is 0 Å². The summed E-state index contributed by atoms with van der Waals surface area (Å²) in [6, 6.07) is 0. The monoisotopic (exact) mass is 280 g/mol. The molecule has 0 aliphatic rings. The summed E-state index contributed by atoms with van der Waals surface area (Å²) in [7, 11) is 0. The van der Waals surface area contributed by atoms with Crippen molar-refractivity contribution in [2.24, 2.45) is 0 Å². The average molecular weight is 281 g/mol. The van der Waals surface area contributed by atoms with Gasteiger partial charge in [0, 0.05) is 12.4 Å². The van der Waals surface area contributed by atoms with Crippen molar-refractivity contribution in [3.05, 3.63) is 22.7 Å². The van der Waals surface area contributed by atoms with Gasteiger partial charge in [-0.05, 0) is 15.9 Å². The molecule has 0 saturated heterocycles.